The lowest BCUT2D eigenvalue weighted by atomic mass is 10.0. The SMILES string of the molecule is CN=C(NCCCN(C(C)C)C(C)C)NC1CCN(Cc2ccc(F)cc2)CC1. The van der Waals surface area contributed by atoms with Crippen LogP contribution in [0.4, 0.5) is 4.39 Å². The average Bonchev–Trinajstić information content (AvgIpc) is 2.69. The molecule has 1 heterocycles. The van der Waals surface area contributed by atoms with Gasteiger partial charge in [0.1, 0.15) is 5.82 Å². The van der Waals surface area contributed by atoms with Gasteiger partial charge in [-0.2, -0.15) is 0 Å². The molecule has 164 valence electrons. The van der Waals surface area contributed by atoms with Gasteiger partial charge in [0.15, 0.2) is 5.96 Å². The van der Waals surface area contributed by atoms with Gasteiger partial charge in [-0.25, -0.2) is 4.39 Å². The van der Waals surface area contributed by atoms with Gasteiger partial charge in [-0.05, 0) is 64.7 Å². The lowest BCUT2D eigenvalue weighted by molar-refractivity contribution is 0.173. The summed E-state index contributed by atoms with van der Waals surface area (Å²) in [7, 11) is 1.84. The van der Waals surface area contributed by atoms with Crippen molar-refractivity contribution in [3.05, 3.63) is 35.6 Å². The molecular weight excluding hydrogens is 365 g/mol. The molecule has 0 aliphatic carbocycles. The molecule has 1 saturated heterocycles. The van der Waals surface area contributed by atoms with Crippen LogP contribution in [0.5, 0.6) is 0 Å². The molecule has 1 aliphatic heterocycles. The summed E-state index contributed by atoms with van der Waals surface area (Å²) in [6, 6.07) is 8.45. The number of benzene rings is 1. The van der Waals surface area contributed by atoms with Crippen molar-refractivity contribution in [2.45, 2.75) is 71.6 Å². The molecule has 1 aromatic carbocycles. The van der Waals surface area contributed by atoms with Crippen LogP contribution < -0.4 is 10.6 Å². The number of nitrogens with one attached hydrogen (secondary N) is 2. The summed E-state index contributed by atoms with van der Waals surface area (Å²) in [5.74, 6) is 0.735. The van der Waals surface area contributed by atoms with Crippen molar-refractivity contribution in [1.29, 1.82) is 0 Å². The molecule has 2 N–H and O–H groups in total. The molecule has 1 aromatic rings. The number of likely N-dealkylation sites (tertiary alicyclic amines) is 1. The standard InChI is InChI=1S/C23H40FN5/c1-18(2)29(19(3)4)14-6-13-26-23(25-5)27-22-11-15-28(16-12-22)17-20-7-9-21(24)10-8-20/h7-10,18-19,22H,6,11-17H2,1-5H3,(H2,25,26,27). The Morgan fingerprint density at radius 2 is 1.76 bits per heavy atom. The maximum Gasteiger partial charge on any atom is 0.191 e. The fourth-order valence-electron chi connectivity index (χ4n) is 4.05. The van der Waals surface area contributed by atoms with E-state index in [0.717, 1.165) is 57.9 Å². The van der Waals surface area contributed by atoms with Gasteiger partial charge in [-0.1, -0.05) is 12.1 Å². The Kier molecular flexibility index (Phi) is 9.88. The Hall–Kier alpha value is -1.66. The number of nitrogens with zero attached hydrogens (tertiary/aromatic N) is 3. The first kappa shape index (κ1) is 23.6. The summed E-state index contributed by atoms with van der Waals surface area (Å²) in [6.45, 7) is 14.1. The normalized spacial score (nSPS) is 16.8. The molecule has 2 rings (SSSR count). The van der Waals surface area contributed by atoms with E-state index in [-0.39, 0.29) is 5.82 Å². The van der Waals surface area contributed by atoms with Gasteiger partial charge in [0, 0.05) is 57.9 Å². The fraction of sp³-hybridized carbons (Fsp3) is 0.696. The van der Waals surface area contributed by atoms with Gasteiger partial charge in [0.25, 0.3) is 0 Å². The Bertz CT molecular complexity index is 598. The Morgan fingerprint density at radius 3 is 2.31 bits per heavy atom. The van der Waals surface area contributed by atoms with Crippen molar-refractivity contribution in [3.63, 3.8) is 0 Å². The van der Waals surface area contributed by atoms with E-state index >= 15 is 0 Å². The van der Waals surface area contributed by atoms with Gasteiger partial charge >= 0.3 is 0 Å². The van der Waals surface area contributed by atoms with Crippen molar-refractivity contribution in [3.8, 4) is 0 Å². The Balaban J connectivity index is 1.66. The number of hydrogen-bond acceptors (Lipinski definition) is 3. The van der Waals surface area contributed by atoms with Crippen LogP contribution in [0.2, 0.25) is 0 Å². The van der Waals surface area contributed by atoms with Crippen LogP contribution in [0.25, 0.3) is 0 Å². The highest BCUT2D eigenvalue weighted by molar-refractivity contribution is 5.79. The zero-order chi connectivity index (χ0) is 21.2. The topological polar surface area (TPSA) is 42.9 Å². The molecular formula is C23H40FN5. The number of hydrogen-bond donors (Lipinski definition) is 2. The summed E-state index contributed by atoms with van der Waals surface area (Å²) in [6.07, 6.45) is 3.29. The highest BCUT2D eigenvalue weighted by atomic mass is 19.1. The van der Waals surface area contributed by atoms with Gasteiger partial charge in [0.2, 0.25) is 0 Å². The molecule has 1 aliphatic rings. The Labute approximate surface area is 176 Å². The first-order valence-electron chi connectivity index (χ1n) is 11.1. The number of halogens is 1. The second-order valence-electron chi connectivity index (χ2n) is 8.60. The third-order valence-electron chi connectivity index (χ3n) is 5.68. The molecule has 0 bridgehead atoms. The second kappa shape index (κ2) is 12.1. The minimum atomic E-state index is -0.170. The quantitative estimate of drug-likeness (QED) is 0.375. The minimum Gasteiger partial charge on any atom is -0.356 e. The van der Waals surface area contributed by atoms with E-state index in [0.29, 0.717) is 18.1 Å². The van der Waals surface area contributed by atoms with Crippen molar-refractivity contribution in [2.24, 2.45) is 4.99 Å². The summed E-state index contributed by atoms with van der Waals surface area (Å²) < 4.78 is 13.1. The number of rotatable bonds is 9. The minimum absolute atomic E-state index is 0.170. The largest absolute Gasteiger partial charge is 0.356 e. The van der Waals surface area contributed by atoms with Gasteiger partial charge < -0.3 is 10.6 Å². The Morgan fingerprint density at radius 1 is 1.14 bits per heavy atom. The smallest absolute Gasteiger partial charge is 0.191 e. The maximum absolute atomic E-state index is 13.1. The van der Waals surface area contributed by atoms with E-state index in [1.54, 1.807) is 12.1 Å². The molecule has 0 aromatic heterocycles. The van der Waals surface area contributed by atoms with Crippen LogP contribution >= 0.6 is 0 Å². The third kappa shape index (κ3) is 8.31. The molecule has 0 amide bonds. The average molecular weight is 406 g/mol. The predicted molar refractivity (Wildman–Crippen MR) is 121 cm³/mol. The number of aliphatic imine (C=N–C) groups is 1. The van der Waals surface area contributed by atoms with Crippen LogP contribution in [0.1, 0.15) is 52.5 Å². The summed E-state index contributed by atoms with van der Waals surface area (Å²) >= 11 is 0. The van der Waals surface area contributed by atoms with E-state index < -0.39 is 0 Å². The molecule has 0 radical (unpaired) electrons. The highest BCUT2D eigenvalue weighted by Crippen LogP contribution is 2.14. The fourth-order valence-corrected chi connectivity index (χ4v) is 4.05. The molecule has 0 unspecified atom stereocenters. The van der Waals surface area contributed by atoms with E-state index in [1.165, 1.54) is 5.56 Å². The summed E-state index contributed by atoms with van der Waals surface area (Å²) in [5.41, 5.74) is 1.17. The van der Waals surface area contributed by atoms with Gasteiger partial charge in [-0.3, -0.25) is 14.8 Å². The van der Waals surface area contributed by atoms with E-state index in [1.807, 2.05) is 19.2 Å². The molecule has 1 fully saturated rings. The van der Waals surface area contributed by atoms with Crippen LogP contribution in [-0.2, 0) is 6.54 Å². The van der Waals surface area contributed by atoms with Crippen molar-refractivity contribution < 1.29 is 4.39 Å². The van der Waals surface area contributed by atoms with Gasteiger partial charge in [-0.15, -0.1) is 0 Å². The predicted octanol–water partition coefficient (Wildman–Crippen LogP) is 3.46. The van der Waals surface area contributed by atoms with Crippen LogP contribution in [0.15, 0.2) is 29.3 Å². The van der Waals surface area contributed by atoms with E-state index in [2.05, 4.69) is 53.1 Å². The van der Waals surface area contributed by atoms with Crippen LogP contribution in [0, 0.1) is 5.82 Å². The van der Waals surface area contributed by atoms with Crippen molar-refractivity contribution >= 4 is 5.96 Å². The monoisotopic (exact) mass is 405 g/mol. The number of guanidine groups is 1. The maximum atomic E-state index is 13.1. The van der Waals surface area contributed by atoms with Crippen molar-refractivity contribution in [1.82, 2.24) is 20.4 Å². The molecule has 5 nitrogen and oxygen atoms in total. The lowest BCUT2D eigenvalue weighted by Crippen LogP contribution is -2.49. The first-order chi connectivity index (χ1) is 13.9. The van der Waals surface area contributed by atoms with E-state index in [9.17, 15) is 4.39 Å². The van der Waals surface area contributed by atoms with Crippen LogP contribution in [-0.4, -0.2) is 67.1 Å². The van der Waals surface area contributed by atoms with Crippen molar-refractivity contribution in [2.75, 3.05) is 33.2 Å². The zero-order valence-electron chi connectivity index (χ0n) is 18.9. The molecule has 6 heteroatoms. The number of piperidine rings is 1. The molecule has 0 saturated carbocycles. The summed E-state index contributed by atoms with van der Waals surface area (Å²) in [4.78, 5) is 9.36. The molecule has 0 atom stereocenters. The molecule has 29 heavy (non-hydrogen) atoms. The van der Waals surface area contributed by atoms with Crippen LogP contribution in [0.3, 0.4) is 0 Å². The highest BCUT2D eigenvalue weighted by Gasteiger charge is 2.20. The zero-order valence-corrected chi connectivity index (χ0v) is 18.9. The van der Waals surface area contributed by atoms with E-state index in [4.69, 9.17) is 0 Å². The third-order valence-corrected chi connectivity index (χ3v) is 5.68. The van der Waals surface area contributed by atoms with Gasteiger partial charge in [0.05, 0.1) is 0 Å². The summed E-state index contributed by atoms with van der Waals surface area (Å²) in [5, 5.41) is 7.05. The second-order valence-corrected chi connectivity index (χ2v) is 8.60. The first-order valence-corrected chi connectivity index (χ1v) is 11.1. The molecule has 0 spiro atoms. The lowest BCUT2D eigenvalue weighted by Gasteiger charge is -2.33.